The first-order valence-electron chi connectivity index (χ1n) is 8.24. The van der Waals surface area contributed by atoms with Crippen molar-refractivity contribution in [2.75, 3.05) is 0 Å². The molecule has 0 radical (unpaired) electrons. The molecule has 1 aromatic rings. The van der Waals surface area contributed by atoms with Crippen molar-refractivity contribution in [1.82, 2.24) is 0 Å². The Kier molecular flexibility index (Phi) is 3.44. The Morgan fingerprint density at radius 2 is 1.80 bits per heavy atom. The van der Waals surface area contributed by atoms with Gasteiger partial charge in [0.15, 0.2) is 0 Å². The maximum atomic E-state index is 11.4. The van der Waals surface area contributed by atoms with Crippen LogP contribution in [0.25, 0.3) is 0 Å². The van der Waals surface area contributed by atoms with Crippen LogP contribution in [0.15, 0.2) is 24.3 Å². The molecule has 2 aliphatic carbocycles. The molecular weight excluding hydrogens is 244 g/mol. The van der Waals surface area contributed by atoms with Gasteiger partial charge in [-0.15, -0.1) is 0 Å². The predicted molar refractivity (Wildman–Crippen MR) is 83.7 cm³/mol. The van der Waals surface area contributed by atoms with Crippen LogP contribution < -0.4 is 0 Å². The van der Waals surface area contributed by atoms with Crippen LogP contribution in [-0.4, -0.2) is 5.11 Å². The summed E-state index contributed by atoms with van der Waals surface area (Å²) < 4.78 is 0. The molecule has 2 fully saturated rings. The summed E-state index contributed by atoms with van der Waals surface area (Å²) in [6.45, 7) is 6.90. The number of hydrogen-bond donors (Lipinski definition) is 1. The maximum absolute atomic E-state index is 11.4. The van der Waals surface area contributed by atoms with Gasteiger partial charge in [-0.05, 0) is 60.5 Å². The minimum absolute atomic E-state index is 0.340. The van der Waals surface area contributed by atoms with E-state index in [1.165, 1.54) is 30.4 Å². The number of aliphatic hydroxyl groups is 1. The zero-order valence-corrected chi connectivity index (χ0v) is 13.2. The number of benzene rings is 1. The number of rotatable bonds is 2. The lowest BCUT2D eigenvalue weighted by molar-refractivity contribution is -0.0779. The van der Waals surface area contributed by atoms with Gasteiger partial charge in [0.25, 0.3) is 0 Å². The standard InChI is InChI=1S/C19H28O/c1-14-13-18(2,3)11-12-19(14,20)17-10-5-4-9-16(17)15-7-6-8-15/h4-5,9-10,14-15,20H,6-8,11-13H2,1-3H3. The van der Waals surface area contributed by atoms with E-state index in [1.54, 1.807) is 0 Å². The zero-order chi connectivity index (χ0) is 14.4. The Morgan fingerprint density at radius 1 is 1.10 bits per heavy atom. The highest BCUT2D eigenvalue weighted by molar-refractivity contribution is 5.37. The van der Waals surface area contributed by atoms with Crippen molar-refractivity contribution in [1.29, 1.82) is 0 Å². The molecule has 0 aliphatic heterocycles. The fourth-order valence-electron chi connectivity index (χ4n) is 4.24. The van der Waals surface area contributed by atoms with Gasteiger partial charge in [-0.2, -0.15) is 0 Å². The van der Waals surface area contributed by atoms with Crippen LogP contribution in [0, 0.1) is 11.3 Å². The van der Waals surface area contributed by atoms with Crippen molar-refractivity contribution in [3.05, 3.63) is 35.4 Å². The minimum Gasteiger partial charge on any atom is -0.385 e. The Balaban J connectivity index is 1.95. The van der Waals surface area contributed by atoms with Gasteiger partial charge in [-0.3, -0.25) is 0 Å². The Morgan fingerprint density at radius 3 is 2.40 bits per heavy atom. The average Bonchev–Trinajstić information content (AvgIpc) is 2.33. The molecule has 2 aliphatic rings. The smallest absolute Gasteiger partial charge is 0.0925 e. The third kappa shape index (κ3) is 2.30. The highest BCUT2D eigenvalue weighted by Gasteiger charge is 2.45. The van der Waals surface area contributed by atoms with E-state index < -0.39 is 5.60 Å². The summed E-state index contributed by atoms with van der Waals surface area (Å²) in [5, 5.41) is 11.4. The molecule has 0 bridgehead atoms. The van der Waals surface area contributed by atoms with Crippen molar-refractivity contribution in [2.45, 2.75) is 70.8 Å². The van der Waals surface area contributed by atoms with E-state index in [2.05, 4.69) is 45.0 Å². The van der Waals surface area contributed by atoms with Crippen molar-refractivity contribution in [3.63, 3.8) is 0 Å². The van der Waals surface area contributed by atoms with Crippen LogP contribution in [0.1, 0.15) is 76.3 Å². The summed E-state index contributed by atoms with van der Waals surface area (Å²) in [7, 11) is 0. The van der Waals surface area contributed by atoms with Crippen molar-refractivity contribution >= 4 is 0 Å². The first-order chi connectivity index (χ1) is 9.42. The fourth-order valence-corrected chi connectivity index (χ4v) is 4.24. The molecule has 2 atom stereocenters. The molecule has 0 heterocycles. The third-order valence-electron chi connectivity index (χ3n) is 5.83. The monoisotopic (exact) mass is 272 g/mol. The van der Waals surface area contributed by atoms with E-state index >= 15 is 0 Å². The van der Waals surface area contributed by atoms with Gasteiger partial charge in [-0.25, -0.2) is 0 Å². The molecule has 1 heteroatoms. The minimum atomic E-state index is -0.609. The van der Waals surface area contributed by atoms with Gasteiger partial charge in [-0.1, -0.05) is 51.5 Å². The highest BCUT2D eigenvalue weighted by Crippen LogP contribution is 2.51. The van der Waals surface area contributed by atoms with Gasteiger partial charge in [0.2, 0.25) is 0 Å². The van der Waals surface area contributed by atoms with Gasteiger partial charge < -0.3 is 5.11 Å². The van der Waals surface area contributed by atoms with Gasteiger partial charge in [0.1, 0.15) is 0 Å². The molecule has 1 aromatic carbocycles. The van der Waals surface area contributed by atoms with Gasteiger partial charge in [0, 0.05) is 0 Å². The first kappa shape index (κ1) is 14.1. The number of hydrogen-bond acceptors (Lipinski definition) is 1. The summed E-state index contributed by atoms with van der Waals surface area (Å²) in [5.74, 6) is 1.03. The van der Waals surface area contributed by atoms with Crippen LogP contribution in [-0.2, 0) is 5.60 Å². The van der Waals surface area contributed by atoms with Crippen LogP contribution in [0.2, 0.25) is 0 Å². The van der Waals surface area contributed by atoms with Crippen molar-refractivity contribution in [3.8, 4) is 0 Å². The van der Waals surface area contributed by atoms with Crippen LogP contribution in [0.3, 0.4) is 0 Å². The summed E-state index contributed by atoms with van der Waals surface area (Å²) in [6.07, 6.45) is 7.08. The van der Waals surface area contributed by atoms with E-state index in [4.69, 9.17) is 0 Å². The Hall–Kier alpha value is -0.820. The van der Waals surface area contributed by atoms with Crippen LogP contribution >= 0.6 is 0 Å². The van der Waals surface area contributed by atoms with E-state index in [-0.39, 0.29) is 0 Å². The molecule has 2 saturated carbocycles. The molecule has 0 aromatic heterocycles. The Bertz CT molecular complexity index is 486. The molecule has 0 saturated heterocycles. The molecule has 0 spiro atoms. The second-order valence-corrected chi connectivity index (χ2v) is 7.91. The molecule has 110 valence electrons. The molecule has 20 heavy (non-hydrogen) atoms. The van der Waals surface area contributed by atoms with Gasteiger partial charge >= 0.3 is 0 Å². The van der Waals surface area contributed by atoms with Crippen LogP contribution in [0.5, 0.6) is 0 Å². The molecule has 2 unspecified atom stereocenters. The topological polar surface area (TPSA) is 20.2 Å². The summed E-state index contributed by atoms with van der Waals surface area (Å²) in [6, 6.07) is 8.67. The normalized spacial score (nSPS) is 33.7. The molecule has 1 N–H and O–H groups in total. The first-order valence-corrected chi connectivity index (χ1v) is 8.24. The lowest BCUT2D eigenvalue weighted by Gasteiger charge is -2.47. The van der Waals surface area contributed by atoms with Gasteiger partial charge in [0.05, 0.1) is 5.60 Å². The van der Waals surface area contributed by atoms with Crippen molar-refractivity contribution in [2.24, 2.45) is 11.3 Å². The SMILES string of the molecule is CC1CC(C)(C)CCC1(O)c1ccccc1C1CCC1. The molecule has 1 nitrogen and oxygen atoms in total. The molecule has 0 amide bonds. The average molecular weight is 272 g/mol. The van der Waals surface area contributed by atoms with E-state index in [0.29, 0.717) is 17.3 Å². The fraction of sp³-hybridized carbons (Fsp3) is 0.684. The maximum Gasteiger partial charge on any atom is 0.0925 e. The summed E-state index contributed by atoms with van der Waals surface area (Å²) in [4.78, 5) is 0. The van der Waals surface area contributed by atoms with E-state index in [1.807, 2.05) is 0 Å². The quantitative estimate of drug-likeness (QED) is 0.804. The predicted octanol–water partition coefficient (Wildman–Crippen LogP) is 4.99. The molecule has 3 rings (SSSR count). The van der Waals surface area contributed by atoms with E-state index in [9.17, 15) is 5.11 Å². The lowest BCUT2D eigenvalue weighted by Crippen LogP contribution is -2.42. The second kappa shape index (κ2) is 4.87. The third-order valence-corrected chi connectivity index (χ3v) is 5.83. The highest BCUT2D eigenvalue weighted by atomic mass is 16.3. The molecular formula is C19H28O. The second-order valence-electron chi connectivity index (χ2n) is 7.91. The van der Waals surface area contributed by atoms with Crippen molar-refractivity contribution < 1.29 is 5.11 Å². The Labute approximate surface area is 123 Å². The van der Waals surface area contributed by atoms with E-state index in [0.717, 1.165) is 19.3 Å². The van der Waals surface area contributed by atoms with Crippen LogP contribution in [0.4, 0.5) is 0 Å². The lowest BCUT2D eigenvalue weighted by atomic mass is 9.61. The summed E-state index contributed by atoms with van der Waals surface area (Å²) in [5.41, 5.74) is 2.42. The zero-order valence-electron chi connectivity index (χ0n) is 13.2. The largest absolute Gasteiger partial charge is 0.385 e. The summed E-state index contributed by atoms with van der Waals surface area (Å²) >= 11 is 0.